The molecule has 0 bridgehead atoms. The number of hydrogen-bond donors (Lipinski definition) is 0. The van der Waals surface area contributed by atoms with Crippen LogP contribution in [0.2, 0.25) is 0 Å². The Bertz CT molecular complexity index is 1150. The average molecular weight is 403 g/mol. The van der Waals surface area contributed by atoms with Gasteiger partial charge in [-0.2, -0.15) is 0 Å². The van der Waals surface area contributed by atoms with Crippen LogP contribution in [-0.2, 0) is 17.6 Å². The van der Waals surface area contributed by atoms with Gasteiger partial charge >= 0.3 is 5.97 Å². The molecule has 1 aromatic heterocycles. The van der Waals surface area contributed by atoms with Gasteiger partial charge in [-0.1, -0.05) is 24.6 Å². The summed E-state index contributed by atoms with van der Waals surface area (Å²) in [7, 11) is 0. The number of benzene rings is 2. The molecule has 1 aliphatic heterocycles. The minimum Gasteiger partial charge on any atom is -0.454 e. The zero-order valence-corrected chi connectivity index (χ0v) is 16.5. The monoisotopic (exact) mass is 403 g/mol. The number of esters is 1. The van der Waals surface area contributed by atoms with E-state index in [1.54, 1.807) is 18.2 Å². The van der Waals surface area contributed by atoms with Gasteiger partial charge in [0.1, 0.15) is 0 Å². The molecule has 152 valence electrons. The summed E-state index contributed by atoms with van der Waals surface area (Å²) < 4.78 is 16.1. The lowest BCUT2D eigenvalue weighted by atomic mass is 9.97. The molecule has 0 unspecified atom stereocenters. The molecule has 0 fully saturated rings. The molecule has 1 aliphatic carbocycles. The summed E-state index contributed by atoms with van der Waals surface area (Å²) in [4.78, 5) is 30.5. The largest absolute Gasteiger partial charge is 0.454 e. The normalized spacial score (nSPS) is 14.8. The summed E-state index contributed by atoms with van der Waals surface area (Å²) in [5.74, 6) is 0.374. The molecule has 5 rings (SSSR count). The Balaban J connectivity index is 1.42. The van der Waals surface area contributed by atoms with E-state index < -0.39 is 5.97 Å². The lowest BCUT2D eigenvalue weighted by molar-refractivity contribution is 0.0475. The Morgan fingerprint density at radius 3 is 2.73 bits per heavy atom. The number of carbonyl (C=O) groups excluding carboxylic acids is 2. The summed E-state index contributed by atoms with van der Waals surface area (Å²) in [6.07, 6.45) is 4.85. The van der Waals surface area contributed by atoms with Gasteiger partial charge in [0.15, 0.2) is 23.9 Å². The Morgan fingerprint density at radius 1 is 0.967 bits per heavy atom. The number of aryl methyl sites for hydroxylation is 1. The number of pyridine rings is 1. The van der Waals surface area contributed by atoms with Crippen LogP contribution in [0.1, 0.15) is 51.2 Å². The first-order chi connectivity index (χ1) is 14.7. The van der Waals surface area contributed by atoms with E-state index in [4.69, 9.17) is 19.2 Å². The minimum atomic E-state index is -0.471. The fourth-order valence-corrected chi connectivity index (χ4v) is 4.14. The second-order valence-corrected chi connectivity index (χ2v) is 7.56. The molecule has 0 N–H and O–H groups in total. The highest BCUT2D eigenvalue weighted by atomic mass is 16.7. The summed E-state index contributed by atoms with van der Waals surface area (Å²) in [5.41, 5.74) is 3.70. The number of Topliss-reactive ketones (excluding diaryl/α,β-unsaturated/α-hetero) is 1. The van der Waals surface area contributed by atoms with Crippen molar-refractivity contribution in [3.05, 3.63) is 64.8 Å². The Morgan fingerprint density at radius 2 is 1.80 bits per heavy atom. The average Bonchev–Trinajstić information content (AvgIpc) is 3.12. The number of para-hydroxylation sites is 1. The van der Waals surface area contributed by atoms with Crippen LogP contribution >= 0.6 is 0 Å². The molecule has 3 aromatic rings. The predicted molar refractivity (Wildman–Crippen MR) is 110 cm³/mol. The molecule has 2 aliphatic rings. The Kier molecular flexibility index (Phi) is 4.83. The van der Waals surface area contributed by atoms with E-state index in [1.807, 2.05) is 24.3 Å². The molecule has 2 heterocycles. The fraction of sp³-hybridized carbons (Fsp3) is 0.292. The van der Waals surface area contributed by atoms with Gasteiger partial charge in [-0.3, -0.25) is 9.78 Å². The summed E-state index contributed by atoms with van der Waals surface area (Å²) in [6.45, 7) is -0.188. The van der Waals surface area contributed by atoms with E-state index in [0.29, 0.717) is 22.6 Å². The van der Waals surface area contributed by atoms with Crippen molar-refractivity contribution in [3.63, 3.8) is 0 Å². The molecule has 0 atom stereocenters. The zero-order valence-electron chi connectivity index (χ0n) is 16.5. The fourth-order valence-electron chi connectivity index (χ4n) is 4.14. The van der Waals surface area contributed by atoms with Gasteiger partial charge < -0.3 is 14.2 Å². The van der Waals surface area contributed by atoms with E-state index in [0.717, 1.165) is 54.3 Å². The first kappa shape index (κ1) is 18.6. The molecule has 0 saturated carbocycles. The van der Waals surface area contributed by atoms with Crippen LogP contribution in [0.15, 0.2) is 42.5 Å². The predicted octanol–water partition coefficient (Wildman–Crippen LogP) is 4.27. The quantitative estimate of drug-likeness (QED) is 0.368. The van der Waals surface area contributed by atoms with Gasteiger partial charge in [0.05, 0.1) is 11.1 Å². The second-order valence-electron chi connectivity index (χ2n) is 7.56. The van der Waals surface area contributed by atoms with Crippen LogP contribution in [0.5, 0.6) is 11.5 Å². The van der Waals surface area contributed by atoms with Gasteiger partial charge in [0.2, 0.25) is 6.79 Å². The number of rotatable bonds is 4. The van der Waals surface area contributed by atoms with E-state index >= 15 is 0 Å². The number of aromatic nitrogens is 1. The topological polar surface area (TPSA) is 74.7 Å². The lowest BCUT2D eigenvalue weighted by Crippen LogP contribution is -2.17. The molecule has 30 heavy (non-hydrogen) atoms. The van der Waals surface area contributed by atoms with Gasteiger partial charge in [-0.15, -0.1) is 0 Å². The standard InChI is InChI=1S/C24H21NO5/c26-20(15-10-11-21-22(12-15)30-14-29-21)13-28-24(27)23-16-6-2-1-3-8-18(16)25-19-9-5-4-7-17(19)23/h4-5,7,9-12H,1-3,6,8,13-14H2. The third-order valence-electron chi connectivity index (χ3n) is 5.65. The molecular formula is C24H21NO5. The van der Waals surface area contributed by atoms with E-state index in [1.165, 1.54) is 0 Å². The molecule has 0 radical (unpaired) electrons. The number of fused-ring (bicyclic) bond motifs is 3. The lowest BCUT2D eigenvalue weighted by Gasteiger charge is -2.14. The van der Waals surface area contributed by atoms with Crippen LogP contribution in [0.25, 0.3) is 10.9 Å². The van der Waals surface area contributed by atoms with Crippen LogP contribution in [0, 0.1) is 0 Å². The van der Waals surface area contributed by atoms with Crippen LogP contribution < -0.4 is 9.47 Å². The van der Waals surface area contributed by atoms with Gasteiger partial charge in [0, 0.05) is 16.6 Å². The SMILES string of the molecule is O=C(COC(=O)c1c2c(nc3ccccc13)CCCCC2)c1ccc2c(c1)OCO2. The van der Waals surface area contributed by atoms with E-state index in [2.05, 4.69) is 0 Å². The molecule has 6 nitrogen and oxygen atoms in total. The van der Waals surface area contributed by atoms with Crippen LogP contribution in [0.3, 0.4) is 0 Å². The third kappa shape index (κ3) is 3.38. The van der Waals surface area contributed by atoms with E-state index in [-0.39, 0.29) is 19.2 Å². The molecule has 0 spiro atoms. The Labute approximate surface area is 173 Å². The van der Waals surface area contributed by atoms with Crippen LogP contribution in [0.4, 0.5) is 0 Å². The first-order valence-corrected chi connectivity index (χ1v) is 10.2. The number of ketones is 1. The van der Waals surface area contributed by atoms with Gasteiger partial charge in [-0.25, -0.2) is 4.79 Å². The maximum atomic E-state index is 13.1. The summed E-state index contributed by atoms with van der Waals surface area (Å²) in [5, 5.41) is 0.777. The number of hydrogen-bond acceptors (Lipinski definition) is 6. The van der Waals surface area contributed by atoms with Crippen molar-refractivity contribution in [2.75, 3.05) is 13.4 Å². The third-order valence-corrected chi connectivity index (χ3v) is 5.65. The Hall–Kier alpha value is -3.41. The first-order valence-electron chi connectivity index (χ1n) is 10.2. The highest BCUT2D eigenvalue weighted by molar-refractivity contribution is 6.06. The molecular weight excluding hydrogens is 382 g/mol. The van der Waals surface area contributed by atoms with Gasteiger partial charge in [-0.05, 0) is 55.5 Å². The number of carbonyl (C=O) groups is 2. The van der Waals surface area contributed by atoms with Gasteiger partial charge in [0.25, 0.3) is 0 Å². The molecule has 2 aromatic carbocycles. The van der Waals surface area contributed by atoms with Crippen molar-refractivity contribution in [1.29, 1.82) is 0 Å². The van der Waals surface area contributed by atoms with E-state index in [9.17, 15) is 9.59 Å². The number of nitrogens with zero attached hydrogens (tertiary/aromatic N) is 1. The minimum absolute atomic E-state index is 0.141. The summed E-state index contributed by atoms with van der Waals surface area (Å²) >= 11 is 0. The molecule has 0 amide bonds. The van der Waals surface area contributed by atoms with Crippen molar-refractivity contribution in [3.8, 4) is 11.5 Å². The zero-order chi connectivity index (χ0) is 20.5. The molecule has 6 heteroatoms. The smallest absolute Gasteiger partial charge is 0.339 e. The van der Waals surface area contributed by atoms with Crippen molar-refractivity contribution in [2.45, 2.75) is 32.1 Å². The highest BCUT2D eigenvalue weighted by Crippen LogP contribution is 2.33. The number of ether oxygens (including phenoxy) is 3. The van der Waals surface area contributed by atoms with Crippen molar-refractivity contribution in [2.24, 2.45) is 0 Å². The summed E-state index contributed by atoms with van der Waals surface area (Å²) in [6, 6.07) is 12.6. The van der Waals surface area contributed by atoms with Crippen molar-refractivity contribution in [1.82, 2.24) is 4.98 Å². The molecule has 0 saturated heterocycles. The van der Waals surface area contributed by atoms with Crippen molar-refractivity contribution >= 4 is 22.7 Å². The maximum absolute atomic E-state index is 13.1. The maximum Gasteiger partial charge on any atom is 0.339 e. The second kappa shape index (κ2) is 7.78. The highest BCUT2D eigenvalue weighted by Gasteiger charge is 2.24. The van der Waals surface area contributed by atoms with Crippen molar-refractivity contribution < 1.29 is 23.8 Å². The van der Waals surface area contributed by atoms with Crippen LogP contribution in [-0.4, -0.2) is 30.1 Å².